The van der Waals surface area contributed by atoms with Gasteiger partial charge in [-0.05, 0) is 31.0 Å². The Morgan fingerprint density at radius 3 is 2.48 bits per heavy atom. The summed E-state index contributed by atoms with van der Waals surface area (Å²) in [6, 6.07) is 5.44. The number of hydrogen-bond donors (Lipinski definition) is 1. The highest BCUT2D eigenvalue weighted by Gasteiger charge is 2.25. The predicted molar refractivity (Wildman–Crippen MR) is 82.7 cm³/mol. The zero-order valence-corrected chi connectivity index (χ0v) is 13.7. The van der Waals surface area contributed by atoms with Crippen LogP contribution in [0, 0.1) is 5.82 Å². The SMILES string of the molecule is CC[C@H](C(=O)NS(=O)(=O)c1cnn(CC)c1)c1ccc(F)cc1. The number of nitrogens with one attached hydrogen (secondary N) is 1. The first kappa shape index (κ1) is 17.1. The average molecular weight is 339 g/mol. The van der Waals surface area contributed by atoms with Gasteiger partial charge < -0.3 is 0 Å². The van der Waals surface area contributed by atoms with Crippen molar-refractivity contribution in [3.05, 3.63) is 48.0 Å². The number of nitrogens with zero attached hydrogens (tertiary/aromatic N) is 2. The smallest absolute Gasteiger partial charge is 0.267 e. The van der Waals surface area contributed by atoms with Gasteiger partial charge in [0, 0.05) is 12.7 Å². The fourth-order valence-corrected chi connectivity index (χ4v) is 3.16. The molecule has 1 atom stereocenters. The van der Waals surface area contributed by atoms with Gasteiger partial charge in [0.1, 0.15) is 10.7 Å². The summed E-state index contributed by atoms with van der Waals surface area (Å²) >= 11 is 0. The molecule has 2 aromatic rings. The first-order valence-electron chi connectivity index (χ1n) is 7.22. The molecule has 0 unspecified atom stereocenters. The minimum absolute atomic E-state index is 0.0679. The maximum Gasteiger partial charge on any atom is 0.267 e. The lowest BCUT2D eigenvalue weighted by Gasteiger charge is -2.15. The molecular formula is C15H18FN3O3S. The molecule has 0 saturated carbocycles. The van der Waals surface area contributed by atoms with Crippen LogP contribution in [0.15, 0.2) is 41.6 Å². The van der Waals surface area contributed by atoms with Crippen molar-refractivity contribution in [3.63, 3.8) is 0 Å². The molecule has 124 valence electrons. The van der Waals surface area contributed by atoms with Crippen LogP contribution in [-0.4, -0.2) is 24.1 Å². The second kappa shape index (κ2) is 6.91. The first-order chi connectivity index (χ1) is 10.9. The number of sulfonamides is 1. The van der Waals surface area contributed by atoms with Crippen molar-refractivity contribution in [2.24, 2.45) is 0 Å². The number of aromatic nitrogens is 2. The Kier molecular flexibility index (Phi) is 5.15. The van der Waals surface area contributed by atoms with Gasteiger partial charge in [-0.1, -0.05) is 19.1 Å². The number of hydrogen-bond acceptors (Lipinski definition) is 4. The second-order valence-corrected chi connectivity index (χ2v) is 6.70. The predicted octanol–water partition coefficient (Wildman–Crippen LogP) is 2.04. The molecule has 0 aliphatic heterocycles. The number of carbonyl (C=O) groups excluding carboxylic acids is 1. The van der Waals surface area contributed by atoms with Gasteiger partial charge in [-0.15, -0.1) is 0 Å². The standard InChI is InChI=1S/C15H18FN3O3S/c1-3-14(11-5-7-12(16)8-6-11)15(20)18-23(21,22)13-9-17-19(4-2)10-13/h5-10,14H,3-4H2,1-2H3,(H,18,20)/t14-/m0/s1. The summed E-state index contributed by atoms with van der Waals surface area (Å²) in [6.07, 6.45) is 2.94. The zero-order valence-electron chi connectivity index (χ0n) is 12.9. The van der Waals surface area contributed by atoms with Crippen LogP contribution in [0.25, 0.3) is 0 Å². The molecule has 0 radical (unpaired) electrons. The molecule has 1 amide bonds. The van der Waals surface area contributed by atoms with Crippen molar-refractivity contribution in [2.45, 2.75) is 37.6 Å². The Labute approximate surface area is 134 Å². The van der Waals surface area contributed by atoms with E-state index in [0.29, 0.717) is 18.5 Å². The van der Waals surface area contributed by atoms with Gasteiger partial charge in [0.2, 0.25) is 5.91 Å². The molecule has 2 rings (SSSR count). The van der Waals surface area contributed by atoms with E-state index in [-0.39, 0.29) is 4.90 Å². The van der Waals surface area contributed by atoms with Gasteiger partial charge in [0.15, 0.2) is 0 Å². The molecule has 1 N–H and O–H groups in total. The van der Waals surface area contributed by atoms with E-state index < -0.39 is 27.7 Å². The van der Waals surface area contributed by atoms with Crippen LogP contribution >= 0.6 is 0 Å². The zero-order chi connectivity index (χ0) is 17.0. The van der Waals surface area contributed by atoms with Gasteiger partial charge in [0.25, 0.3) is 10.0 Å². The number of benzene rings is 1. The van der Waals surface area contributed by atoms with E-state index in [4.69, 9.17) is 0 Å². The van der Waals surface area contributed by atoms with Crippen LogP contribution in [0.5, 0.6) is 0 Å². The molecule has 1 aromatic carbocycles. The summed E-state index contributed by atoms with van der Waals surface area (Å²) in [5.41, 5.74) is 0.561. The lowest BCUT2D eigenvalue weighted by molar-refractivity contribution is -0.120. The van der Waals surface area contributed by atoms with E-state index in [2.05, 4.69) is 9.82 Å². The van der Waals surface area contributed by atoms with Crippen LogP contribution in [0.4, 0.5) is 4.39 Å². The third-order valence-corrected chi connectivity index (χ3v) is 4.78. The summed E-state index contributed by atoms with van der Waals surface area (Å²) < 4.78 is 41.0. The number of halogens is 1. The number of carbonyl (C=O) groups is 1. The molecule has 23 heavy (non-hydrogen) atoms. The Bertz CT molecular complexity index is 785. The Morgan fingerprint density at radius 2 is 1.96 bits per heavy atom. The van der Waals surface area contributed by atoms with Crippen molar-refractivity contribution in [2.75, 3.05) is 0 Å². The van der Waals surface area contributed by atoms with Crippen LogP contribution in [0.2, 0.25) is 0 Å². The molecule has 0 fully saturated rings. The summed E-state index contributed by atoms with van der Waals surface area (Å²) in [6.45, 7) is 4.11. The topological polar surface area (TPSA) is 81.1 Å². The molecule has 0 aliphatic rings. The van der Waals surface area contributed by atoms with E-state index in [0.717, 1.165) is 0 Å². The normalized spacial score (nSPS) is 12.8. The molecular weight excluding hydrogens is 321 g/mol. The van der Waals surface area contributed by atoms with Gasteiger partial charge in [-0.2, -0.15) is 5.10 Å². The number of aryl methyl sites for hydroxylation is 1. The van der Waals surface area contributed by atoms with Crippen LogP contribution in [-0.2, 0) is 21.4 Å². The van der Waals surface area contributed by atoms with Crippen molar-refractivity contribution in [3.8, 4) is 0 Å². The fourth-order valence-electron chi connectivity index (χ4n) is 2.19. The summed E-state index contributed by atoms with van der Waals surface area (Å²) in [5, 5.41) is 3.89. The molecule has 1 heterocycles. The second-order valence-electron chi connectivity index (χ2n) is 5.01. The fraction of sp³-hybridized carbons (Fsp3) is 0.333. The third-order valence-electron chi connectivity index (χ3n) is 3.48. The summed E-state index contributed by atoms with van der Waals surface area (Å²) in [5.74, 6) is -1.74. The van der Waals surface area contributed by atoms with Gasteiger partial charge in [-0.25, -0.2) is 17.5 Å². The van der Waals surface area contributed by atoms with Crippen LogP contribution in [0.1, 0.15) is 31.7 Å². The van der Waals surface area contributed by atoms with E-state index in [1.54, 1.807) is 6.92 Å². The van der Waals surface area contributed by atoms with E-state index in [1.807, 2.05) is 6.92 Å². The first-order valence-corrected chi connectivity index (χ1v) is 8.70. The lowest BCUT2D eigenvalue weighted by Crippen LogP contribution is -2.34. The highest BCUT2D eigenvalue weighted by molar-refractivity contribution is 7.90. The minimum atomic E-state index is -3.98. The number of amides is 1. The van der Waals surface area contributed by atoms with Gasteiger partial charge in [0.05, 0.1) is 12.1 Å². The summed E-state index contributed by atoms with van der Waals surface area (Å²) in [7, 11) is -3.98. The molecule has 6 nitrogen and oxygen atoms in total. The van der Waals surface area contributed by atoms with E-state index in [9.17, 15) is 17.6 Å². The van der Waals surface area contributed by atoms with Crippen LogP contribution in [0.3, 0.4) is 0 Å². The molecule has 0 saturated heterocycles. The van der Waals surface area contributed by atoms with Gasteiger partial charge >= 0.3 is 0 Å². The van der Waals surface area contributed by atoms with Gasteiger partial charge in [-0.3, -0.25) is 9.48 Å². The van der Waals surface area contributed by atoms with Crippen molar-refractivity contribution in [1.82, 2.24) is 14.5 Å². The van der Waals surface area contributed by atoms with E-state index in [1.165, 1.54) is 41.3 Å². The van der Waals surface area contributed by atoms with Crippen molar-refractivity contribution >= 4 is 15.9 Å². The van der Waals surface area contributed by atoms with Crippen molar-refractivity contribution in [1.29, 1.82) is 0 Å². The summed E-state index contributed by atoms with van der Waals surface area (Å²) in [4.78, 5) is 12.2. The lowest BCUT2D eigenvalue weighted by atomic mass is 9.96. The molecule has 8 heteroatoms. The monoisotopic (exact) mass is 339 g/mol. The molecule has 0 aliphatic carbocycles. The quantitative estimate of drug-likeness (QED) is 0.873. The van der Waals surface area contributed by atoms with E-state index >= 15 is 0 Å². The maximum atomic E-state index is 13.0. The molecule has 1 aromatic heterocycles. The largest absolute Gasteiger partial charge is 0.273 e. The Morgan fingerprint density at radius 1 is 1.30 bits per heavy atom. The highest BCUT2D eigenvalue weighted by Crippen LogP contribution is 2.21. The Balaban J connectivity index is 2.19. The third kappa shape index (κ3) is 3.95. The highest BCUT2D eigenvalue weighted by atomic mass is 32.2. The average Bonchev–Trinajstić information content (AvgIpc) is 2.99. The Hall–Kier alpha value is -2.22. The molecule has 0 bridgehead atoms. The minimum Gasteiger partial charge on any atom is -0.273 e. The molecule has 0 spiro atoms. The van der Waals surface area contributed by atoms with Crippen LogP contribution < -0.4 is 4.72 Å². The number of rotatable bonds is 6. The van der Waals surface area contributed by atoms with Crippen molar-refractivity contribution < 1.29 is 17.6 Å². The maximum absolute atomic E-state index is 13.0.